The van der Waals surface area contributed by atoms with Gasteiger partial charge in [0.15, 0.2) is 0 Å². The summed E-state index contributed by atoms with van der Waals surface area (Å²) < 4.78 is 1.92. The summed E-state index contributed by atoms with van der Waals surface area (Å²) in [5.41, 5.74) is 3.24. The van der Waals surface area contributed by atoms with E-state index in [1.165, 1.54) is 11.1 Å². The minimum absolute atomic E-state index is 0.788. The maximum absolute atomic E-state index is 10.5. The Morgan fingerprint density at radius 2 is 1.58 bits per heavy atom. The summed E-state index contributed by atoms with van der Waals surface area (Å²) in [5.74, 6) is 0. The van der Waals surface area contributed by atoms with Crippen molar-refractivity contribution in [2.75, 3.05) is 0 Å². The Kier molecular flexibility index (Phi) is 4.49. The molecule has 0 heterocycles. The van der Waals surface area contributed by atoms with Crippen molar-refractivity contribution in [3.8, 4) is 0 Å². The van der Waals surface area contributed by atoms with Gasteiger partial charge in [0.1, 0.15) is 6.29 Å². The van der Waals surface area contributed by atoms with Crippen molar-refractivity contribution in [2.45, 2.75) is 8.86 Å². The molecule has 0 radical (unpaired) electrons. The van der Waals surface area contributed by atoms with Crippen molar-refractivity contribution in [2.24, 2.45) is 0 Å². The van der Waals surface area contributed by atoms with Gasteiger partial charge in [-0.15, -0.1) is 0 Å². The normalized spacial score (nSPS) is 9.83. The maximum Gasteiger partial charge on any atom is 0.150 e. The number of carbonyl (C=O) groups is 1. The highest BCUT2D eigenvalue weighted by Crippen LogP contribution is 2.14. The van der Waals surface area contributed by atoms with E-state index in [2.05, 4.69) is 51.2 Å². The van der Waals surface area contributed by atoms with E-state index in [0.29, 0.717) is 0 Å². The van der Waals surface area contributed by atoms with Crippen LogP contribution >= 0.6 is 45.2 Å². The molecule has 0 amide bonds. The lowest BCUT2D eigenvalue weighted by atomic mass is 10.1. The molecule has 0 saturated heterocycles. The smallest absolute Gasteiger partial charge is 0.150 e. The van der Waals surface area contributed by atoms with Crippen molar-refractivity contribution in [1.29, 1.82) is 0 Å². The van der Waals surface area contributed by atoms with Gasteiger partial charge in [0.25, 0.3) is 0 Å². The molecule has 0 unspecified atom stereocenters. The van der Waals surface area contributed by atoms with Gasteiger partial charge >= 0.3 is 0 Å². The van der Waals surface area contributed by atoms with Crippen LogP contribution in [0, 0.1) is 0 Å². The van der Waals surface area contributed by atoms with Crippen molar-refractivity contribution in [3.05, 3.63) is 34.9 Å². The first-order valence-corrected chi connectivity index (χ1v) is 6.55. The van der Waals surface area contributed by atoms with Crippen LogP contribution in [-0.4, -0.2) is 6.29 Å². The molecule has 0 saturated carbocycles. The van der Waals surface area contributed by atoms with Crippen molar-refractivity contribution >= 4 is 51.5 Å². The number of hydrogen-bond donors (Lipinski definition) is 0. The molecule has 1 aromatic rings. The molecule has 64 valence electrons. The van der Waals surface area contributed by atoms with Crippen LogP contribution in [0.25, 0.3) is 0 Å². The second-order valence-electron chi connectivity index (χ2n) is 2.47. The van der Waals surface area contributed by atoms with Gasteiger partial charge in [-0.25, -0.2) is 0 Å². The van der Waals surface area contributed by atoms with E-state index in [9.17, 15) is 4.79 Å². The summed E-state index contributed by atoms with van der Waals surface area (Å²) in [7, 11) is 0. The third-order valence-corrected chi connectivity index (χ3v) is 3.28. The number of benzene rings is 1. The van der Waals surface area contributed by atoms with Crippen molar-refractivity contribution in [3.63, 3.8) is 0 Å². The molecular weight excluding hydrogens is 378 g/mol. The lowest BCUT2D eigenvalue weighted by molar-refractivity contribution is 0.112. The number of alkyl halides is 2. The molecule has 0 spiro atoms. The van der Waals surface area contributed by atoms with Gasteiger partial charge in [0, 0.05) is 14.4 Å². The highest BCUT2D eigenvalue weighted by molar-refractivity contribution is 14.1. The molecule has 1 nitrogen and oxygen atoms in total. The van der Waals surface area contributed by atoms with E-state index in [-0.39, 0.29) is 0 Å². The predicted octanol–water partition coefficient (Wildman–Crippen LogP) is 3.37. The molecule has 0 aromatic heterocycles. The first-order chi connectivity index (χ1) is 5.80. The zero-order valence-electron chi connectivity index (χ0n) is 6.39. The van der Waals surface area contributed by atoms with Crippen LogP contribution in [0.4, 0.5) is 0 Å². The average Bonchev–Trinajstić information content (AvgIpc) is 2.16. The Hall–Kier alpha value is 0.350. The third kappa shape index (κ3) is 2.69. The minimum Gasteiger partial charge on any atom is -0.298 e. The summed E-state index contributed by atoms with van der Waals surface area (Å²) >= 11 is 4.60. The molecule has 12 heavy (non-hydrogen) atoms. The first-order valence-electron chi connectivity index (χ1n) is 3.50. The van der Waals surface area contributed by atoms with E-state index in [0.717, 1.165) is 20.7 Å². The topological polar surface area (TPSA) is 17.1 Å². The van der Waals surface area contributed by atoms with Gasteiger partial charge in [-0.3, -0.25) is 4.79 Å². The average molecular weight is 386 g/mol. The Labute approximate surface area is 99.2 Å². The number of aldehydes is 1. The van der Waals surface area contributed by atoms with Crippen LogP contribution in [0.3, 0.4) is 0 Å². The van der Waals surface area contributed by atoms with E-state index < -0.39 is 0 Å². The minimum atomic E-state index is 0.788. The summed E-state index contributed by atoms with van der Waals surface area (Å²) in [4.78, 5) is 10.5. The lowest BCUT2D eigenvalue weighted by Crippen LogP contribution is -1.88. The van der Waals surface area contributed by atoms with E-state index >= 15 is 0 Å². The molecule has 0 aliphatic carbocycles. The second-order valence-corrected chi connectivity index (χ2v) is 3.99. The van der Waals surface area contributed by atoms with Crippen LogP contribution in [0.1, 0.15) is 21.5 Å². The van der Waals surface area contributed by atoms with Crippen molar-refractivity contribution < 1.29 is 4.79 Å². The largest absolute Gasteiger partial charge is 0.298 e. The van der Waals surface area contributed by atoms with Crippen LogP contribution in [0.2, 0.25) is 0 Å². The SMILES string of the molecule is O=Cc1cc(CI)cc(CI)c1. The van der Waals surface area contributed by atoms with Crippen LogP contribution < -0.4 is 0 Å². The molecule has 0 N–H and O–H groups in total. The van der Waals surface area contributed by atoms with Gasteiger partial charge in [-0.2, -0.15) is 0 Å². The van der Waals surface area contributed by atoms with Crippen LogP contribution in [0.5, 0.6) is 0 Å². The molecule has 0 fully saturated rings. The lowest BCUT2D eigenvalue weighted by Gasteiger charge is -2.01. The predicted molar refractivity (Wildman–Crippen MR) is 67.3 cm³/mol. The second kappa shape index (κ2) is 5.16. The molecule has 0 aliphatic rings. The molecule has 0 bridgehead atoms. The molecule has 1 rings (SSSR count). The molecule has 0 atom stereocenters. The Bertz CT molecular complexity index is 262. The van der Waals surface area contributed by atoms with Crippen molar-refractivity contribution in [1.82, 2.24) is 0 Å². The van der Waals surface area contributed by atoms with Crippen LogP contribution in [-0.2, 0) is 8.86 Å². The molecule has 0 aliphatic heterocycles. The Morgan fingerprint density at radius 1 is 1.08 bits per heavy atom. The van der Waals surface area contributed by atoms with Crippen LogP contribution in [0.15, 0.2) is 18.2 Å². The summed E-state index contributed by atoms with van der Waals surface area (Å²) in [6, 6.07) is 6.02. The number of hydrogen-bond acceptors (Lipinski definition) is 1. The summed E-state index contributed by atoms with van der Waals surface area (Å²) in [6.07, 6.45) is 0.908. The van der Waals surface area contributed by atoms with Gasteiger partial charge < -0.3 is 0 Å². The highest BCUT2D eigenvalue weighted by atomic mass is 127. The quantitative estimate of drug-likeness (QED) is 0.443. The highest BCUT2D eigenvalue weighted by Gasteiger charge is 1.98. The fraction of sp³-hybridized carbons (Fsp3) is 0.222. The molecule has 3 heteroatoms. The van der Waals surface area contributed by atoms with E-state index in [1.807, 2.05) is 12.1 Å². The van der Waals surface area contributed by atoms with E-state index in [1.54, 1.807) is 0 Å². The first kappa shape index (κ1) is 10.4. The third-order valence-electron chi connectivity index (χ3n) is 1.52. The van der Waals surface area contributed by atoms with Gasteiger partial charge in [-0.05, 0) is 23.3 Å². The molecule has 1 aromatic carbocycles. The van der Waals surface area contributed by atoms with E-state index in [4.69, 9.17) is 0 Å². The van der Waals surface area contributed by atoms with Gasteiger partial charge in [-0.1, -0.05) is 51.2 Å². The number of halogens is 2. The van der Waals surface area contributed by atoms with Gasteiger partial charge in [0.05, 0.1) is 0 Å². The zero-order chi connectivity index (χ0) is 8.97. The monoisotopic (exact) mass is 386 g/mol. The molecular formula is C9H8I2O. The Morgan fingerprint density at radius 3 is 1.92 bits per heavy atom. The fourth-order valence-corrected chi connectivity index (χ4v) is 1.89. The Balaban J connectivity index is 3.09. The number of rotatable bonds is 3. The fourth-order valence-electron chi connectivity index (χ4n) is 1.01. The zero-order valence-corrected chi connectivity index (χ0v) is 10.7. The number of carbonyl (C=O) groups excluding carboxylic acids is 1. The maximum atomic E-state index is 10.5. The standard InChI is InChI=1S/C9H8I2O/c10-4-7-1-8(5-11)3-9(2-7)6-12/h1-3,6H,4-5H2. The summed E-state index contributed by atoms with van der Waals surface area (Å²) in [5, 5.41) is 0. The van der Waals surface area contributed by atoms with Gasteiger partial charge in [0.2, 0.25) is 0 Å². The summed E-state index contributed by atoms with van der Waals surface area (Å²) in [6.45, 7) is 0.